The van der Waals surface area contributed by atoms with Crippen molar-refractivity contribution in [2.75, 3.05) is 86.1 Å². The van der Waals surface area contributed by atoms with Crippen LogP contribution in [-0.4, -0.2) is 164 Å². The molecule has 2 amide bonds. The van der Waals surface area contributed by atoms with E-state index in [1.807, 2.05) is 142 Å². The number of hydrogen-bond donors (Lipinski definition) is 1. The van der Waals surface area contributed by atoms with Crippen LogP contribution in [0.25, 0.3) is 0 Å². The number of amides is 2. The highest BCUT2D eigenvalue weighted by Crippen LogP contribution is 2.16. The highest BCUT2D eigenvalue weighted by Gasteiger charge is 2.30. The highest BCUT2D eigenvalue weighted by molar-refractivity contribution is 5.85. The van der Waals surface area contributed by atoms with E-state index >= 15 is 0 Å². The van der Waals surface area contributed by atoms with E-state index in [-0.39, 0.29) is 60.5 Å². The van der Waals surface area contributed by atoms with Crippen molar-refractivity contribution in [2.45, 2.75) is 106 Å². The minimum atomic E-state index is -0.474. The van der Waals surface area contributed by atoms with E-state index in [2.05, 4.69) is 15.1 Å². The summed E-state index contributed by atoms with van der Waals surface area (Å²) in [5, 5.41) is 2.96. The zero-order valence-corrected chi connectivity index (χ0v) is 41.5. The van der Waals surface area contributed by atoms with Crippen LogP contribution < -0.4 is 5.32 Å². The number of aldehydes is 1. The molecule has 0 unspecified atom stereocenters. The summed E-state index contributed by atoms with van der Waals surface area (Å²) in [6, 6.07) is 18.9. The molecule has 0 radical (unpaired) electrons. The van der Waals surface area contributed by atoms with E-state index in [0.717, 1.165) is 56.7 Å². The number of piperazine rings is 2. The van der Waals surface area contributed by atoms with Crippen LogP contribution in [0.1, 0.15) is 80.4 Å². The molecule has 64 heavy (non-hydrogen) atoms. The lowest BCUT2D eigenvalue weighted by Gasteiger charge is -2.37. The first-order valence-corrected chi connectivity index (χ1v) is 22.3. The van der Waals surface area contributed by atoms with Crippen molar-refractivity contribution in [3.8, 4) is 0 Å². The smallest absolute Gasteiger partial charge is 0.410 e. The Morgan fingerprint density at radius 1 is 0.656 bits per heavy atom. The summed E-state index contributed by atoms with van der Waals surface area (Å²) in [4.78, 5) is 68.6. The van der Waals surface area contributed by atoms with Crippen molar-refractivity contribution in [3.63, 3.8) is 0 Å². The molecule has 1 N–H and O–H groups in total. The minimum Gasteiger partial charge on any atom is -0.460 e. The Balaban J connectivity index is 0.000000524. The number of benzene rings is 2. The Kier molecular flexibility index (Phi) is 26.4. The Morgan fingerprint density at radius 3 is 1.42 bits per heavy atom. The van der Waals surface area contributed by atoms with Crippen molar-refractivity contribution in [1.29, 1.82) is 0 Å². The third kappa shape index (κ3) is 23.1. The van der Waals surface area contributed by atoms with Crippen molar-refractivity contribution < 1.29 is 42.9 Å². The normalized spacial score (nSPS) is 15.7. The van der Waals surface area contributed by atoms with E-state index in [1.54, 1.807) is 16.8 Å². The molecule has 0 aromatic heterocycles. The molecule has 0 saturated carbocycles. The molecule has 2 aliphatic rings. The molecule has 362 valence electrons. The zero-order valence-electron chi connectivity index (χ0n) is 40.7. The van der Waals surface area contributed by atoms with Crippen molar-refractivity contribution >= 4 is 42.8 Å². The fourth-order valence-electron chi connectivity index (χ4n) is 6.78. The SMILES string of the molecule is CC(C)(C)OC(=O)N1CCN(CC=O)CC1.CC(C)[C@@H](C(=O)OCc1ccccc1)N(C)CCN1CCN(C(=O)OC(C)(C)C)CC1.CN[C@H](C(=O)OCc1ccccc1)C(C)C.Cl. The average molecular weight is 920 g/mol. The lowest BCUT2D eigenvalue weighted by molar-refractivity contribution is -0.153. The maximum absolute atomic E-state index is 12.7. The summed E-state index contributed by atoms with van der Waals surface area (Å²) < 4.78 is 21.6. The third-order valence-corrected chi connectivity index (χ3v) is 10.2. The highest BCUT2D eigenvalue weighted by atomic mass is 35.5. The lowest BCUT2D eigenvalue weighted by atomic mass is 10.0. The number of esters is 2. The molecule has 2 aromatic rings. The molecular formula is C48H79ClN6O9. The zero-order chi connectivity index (χ0) is 47.2. The summed E-state index contributed by atoms with van der Waals surface area (Å²) in [6.07, 6.45) is 0.381. The number of nitrogens with zero attached hydrogens (tertiary/aromatic N) is 5. The Bertz CT molecular complexity index is 1640. The van der Waals surface area contributed by atoms with Gasteiger partial charge in [0.2, 0.25) is 0 Å². The van der Waals surface area contributed by atoms with Crippen molar-refractivity contribution in [3.05, 3.63) is 71.8 Å². The van der Waals surface area contributed by atoms with Gasteiger partial charge in [-0.15, -0.1) is 12.4 Å². The number of hydrogen-bond acceptors (Lipinski definition) is 13. The van der Waals surface area contributed by atoms with Gasteiger partial charge >= 0.3 is 24.1 Å². The topological polar surface area (TPSA) is 150 Å². The van der Waals surface area contributed by atoms with Gasteiger partial charge in [0.15, 0.2) is 0 Å². The Labute approximate surface area is 389 Å². The number of rotatable bonds is 15. The Morgan fingerprint density at radius 2 is 1.06 bits per heavy atom. The number of carbonyl (C=O) groups excluding carboxylic acids is 5. The molecule has 4 rings (SSSR count). The van der Waals surface area contributed by atoms with Gasteiger partial charge in [0.1, 0.15) is 42.8 Å². The molecule has 2 atom stereocenters. The predicted molar refractivity (Wildman–Crippen MR) is 253 cm³/mol. The average Bonchev–Trinajstić information content (AvgIpc) is 3.22. The first-order valence-electron chi connectivity index (χ1n) is 22.3. The fourth-order valence-corrected chi connectivity index (χ4v) is 6.78. The molecule has 0 spiro atoms. The van der Waals surface area contributed by atoms with Gasteiger partial charge in [-0.05, 0) is 78.6 Å². The van der Waals surface area contributed by atoms with E-state index in [9.17, 15) is 24.0 Å². The van der Waals surface area contributed by atoms with Crippen molar-refractivity contribution in [2.24, 2.45) is 11.8 Å². The molecule has 15 nitrogen and oxygen atoms in total. The molecule has 0 aliphatic carbocycles. The molecule has 2 aliphatic heterocycles. The first kappa shape index (κ1) is 57.7. The molecule has 2 aromatic carbocycles. The van der Waals surface area contributed by atoms with Crippen LogP contribution in [0.4, 0.5) is 9.59 Å². The fraction of sp³-hybridized carbons (Fsp3) is 0.646. The number of carbonyl (C=O) groups is 5. The molecule has 2 heterocycles. The summed E-state index contributed by atoms with van der Waals surface area (Å²) in [5.74, 6) is 0.00279. The second-order valence-corrected chi connectivity index (χ2v) is 18.6. The van der Waals surface area contributed by atoms with Gasteiger partial charge in [-0.1, -0.05) is 88.4 Å². The Hall–Kier alpha value is -4.28. The second-order valence-electron chi connectivity index (χ2n) is 18.6. The maximum Gasteiger partial charge on any atom is 0.410 e. The van der Waals surface area contributed by atoms with E-state index < -0.39 is 11.2 Å². The van der Waals surface area contributed by atoms with Gasteiger partial charge in [0.05, 0.1) is 6.54 Å². The number of nitrogens with one attached hydrogen (secondary N) is 1. The monoisotopic (exact) mass is 919 g/mol. The lowest BCUT2D eigenvalue weighted by Crippen LogP contribution is -2.52. The largest absolute Gasteiger partial charge is 0.460 e. The van der Waals surface area contributed by atoms with Crippen LogP contribution in [-0.2, 0) is 46.5 Å². The van der Waals surface area contributed by atoms with E-state index in [4.69, 9.17) is 18.9 Å². The number of likely N-dealkylation sites (N-methyl/N-ethyl adjacent to an activating group) is 2. The van der Waals surface area contributed by atoms with E-state index in [1.165, 1.54) is 0 Å². The van der Waals surface area contributed by atoms with Gasteiger partial charge in [-0.3, -0.25) is 24.3 Å². The van der Waals surface area contributed by atoms with Crippen LogP contribution >= 0.6 is 12.4 Å². The van der Waals surface area contributed by atoms with Gasteiger partial charge < -0.3 is 38.9 Å². The van der Waals surface area contributed by atoms with Crippen LogP contribution in [0.2, 0.25) is 0 Å². The summed E-state index contributed by atoms with van der Waals surface area (Å²) in [6.45, 7) is 27.6. The molecule has 2 saturated heterocycles. The standard InChI is InChI=1S/C24H39N3O4.C13H19NO2.C11H20N2O3.ClH/c1-19(2)21(22(28)30-18-20-10-8-7-9-11-20)25(6)12-13-26-14-16-27(17-15-26)23(29)31-24(3,4)5;1-10(2)12(14-3)13(15)16-9-11-7-5-4-6-8-11;1-11(2,3)16-10(15)13-6-4-12(5-7-13)8-9-14;/h7-11,19,21H,12-18H2,1-6H3;4-8,10,12,14H,9H2,1-3H3;9H,4-8H2,1-3H3;1H/t21-;12-;;/m00../s1. The van der Waals surface area contributed by atoms with Crippen LogP contribution in [0.5, 0.6) is 0 Å². The molecule has 16 heteroatoms. The van der Waals surface area contributed by atoms with Crippen LogP contribution in [0, 0.1) is 11.8 Å². The molecular weight excluding hydrogens is 840 g/mol. The third-order valence-electron chi connectivity index (χ3n) is 10.2. The number of ether oxygens (including phenoxy) is 4. The molecule has 2 fully saturated rings. The van der Waals surface area contributed by atoms with Gasteiger partial charge in [0.25, 0.3) is 0 Å². The number of halogens is 1. The quantitative estimate of drug-likeness (QED) is 0.120. The van der Waals surface area contributed by atoms with Gasteiger partial charge in [-0.2, -0.15) is 0 Å². The minimum absolute atomic E-state index is 0. The van der Waals surface area contributed by atoms with Crippen LogP contribution in [0.3, 0.4) is 0 Å². The van der Waals surface area contributed by atoms with Crippen molar-refractivity contribution in [1.82, 2.24) is 29.8 Å². The summed E-state index contributed by atoms with van der Waals surface area (Å²) >= 11 is 0. The second kappa shape index (κ2) is 29.3. The summed E-state index contributed by atoms with van der Waals surface area (Å²) in [5.41, 5.74) is 1.08. The maximum atomic E-state index is 12.7. The van der Waals surface area contributed by atoms with Gasteiger partial charge in [0, 0.05) is 65.4 Å². The predicted octanol–water partition coefficient (Wildman–Crippen LogP) is 6.37. The van der Waals surface area contributed by atoms with Crippen LogP contribution in [0.15, 0.2) is 60.7 Å². The van der Waals surface area contributed by atoms with E-state index in [0.29, 0.717) is 45.9 Å². The first-order chi connectivity index (χ1) is 29.6. The van der Waals surface area contributed by atoms with Gasteiger partial charge in [-0.25, -0.2) is 9.59 Å². The summed E-state index contributed by atoms with van der Waals surface area (Å²) in [7, 11) is 3.75. The molecule has 0 bridgehead atoms.